The number of nitro groups is 1. The van der Waals surface area contributed by atoms with Gasteiger partial charge in [0.25, 0.3) is 0 Å². The van der Waals surface area contributed by atoms with Gasteiger partial charge in [-0.2, -0.15) is 0 Å². The van der Waals surface area contributed by atoms with Crippen molar-refractivity contribution in [2.75, 3.05) is 26.2 Å². The molecule has 1 amide bonds. The lowest BCUT2D eigenvalue weighted by atomic mass is 10.0. The lowest BCUT2D eigenvalue weighted by molar-refractivity contribution is -0.385. The molecule has 0 aromatic heterocycles. The summed E-state index contributed by atoms with van der Waals surface area (Å²) in [5.41, 5.74) is 2.28. The molecule has 8 heteroatoms. The summed E-state index contributed by atoms with van der Waals surface area (Å²) in [6.07, 6.45) is 1.16. The van der Waals surface area contributed by atoms with Crippen LogP contribution in [0.1, 0.15) is 30.5 Å². The van der Waals surface area contributed by atoms with Crippen molar-refractivity contribution in [3.63, 3.8) is 0 Å². The minimum atomic E-state index is -0.483. The van der Waals surface area contributed by atoms with Gasteiger partial charge in [-0.05, 0) is 23.6 Å². The van der Waals surface area contributed by atoms with Crippen molar-refractivity contribution >= 4 is 24.0 Å². The number of hydrogen-bond donors (Lipinski definition) is 1. The average Bonchev–Trinajstić information content (AvgIpc) is 2.74. The molecule has 7 nitrogen and oxygen atoms in total. The Morgan fingerprint density at radius 2 is 1.97 bits per heavy atom. The average molecular weight is 420 g/mol. The van der Waals surface area contributed by atoms with Crippen LogP contribution in [0, 0.1) is 10.1 Å². The third-order valence-corrected chi connectivity index (χ3v) is 4.97. The van der Waals surface area contributed by atoms with Gasteiger partial charge in [-0.3, -0.25) is 14.9 Å². The SMILES string of the molecule is CCc1ccc(C2CNCCN2C(=O)CCOc2ccccc2[N+](=O)[O-])cc1.Cl. The molecule has 1 aliphatic rings. The monoisotopic (exact) mass is 419 g/mol. The van der Waals surface area contributed by atoms with E-state index in [2.05, 4.69) is 36.5 Å². The number of halogens is 1. The molecule has 2 aromatic carbocycles. The van der Waals surface area contributed by atoms with Gasteiger partial charge in [0.15, 0.2) is 5.75 Å². The van der Waals surface area contributed by atoms with E-state index >= 15 is 0 Å². The van der Waals surface area contributed by atoms with Crippen molar-refractivity contribution in [1.29, 1.82) is 0 Å². The Morgan fingerprint density at radius 3 is 2.66 bits per heavy atom. The summed E-state index contributed by atoms with van der Waals surface area (Å²) in [5.74, 6) is 0.178. The van der Waals surface area contributed by atoms with Crippen molar-refractivity contribution in [3.05, 3.63) is 69.8 Å². The Kier molecular flexibility index (Phi) is 8.42. The van der Waals surface area contributed by atoms with E-state index in [1.165, 1.54) is 11.6 Å². The number of carbonyl (C=O) groups is 1. The standard InChI is InChI=1S/C21H25N3O4.ClH/c1-2-16-7-9-17(10-8-16)19-15-22-12-13-23(19)21(25)11-14-28-20-6-4-3-5-18(20)24(26)27;/h3-10,19,22H,2,11-15H2,1H3;1H. The van der Waals surface area contributed by atoms with Gasteiger partial charge < -0.3 is 15.0 Å². The highest BCUT2D eigenvalue weighted by Crippen LogP contribution is 2.27. The van der Waals surface area contributed by atoms with Crippen LogP contribution in [-0.2, 0) is 11.2 Å². The summed E-state index contributed by atoms with van der Waals surface area (Å²) in [6.45, 7) is 4.31. The van der Waals surface area contributed by atoms with Crippen molar-refractivity contribution in [3.8, 4) is 5.75 Å². The number of piperazine rings is 1. The van der Waals surface area contributed by atoms with Gasteiger partial charge in [0, 0.05) is 25.7 Å². The Labute approximate surface area is 176 Å². The normalized spacial score (nSPS) is 16.0. The molecule has 3 rings (SSSR count). The van der Waals surface area contributed by atoms with Gasteiger partial charge in [-0.25, -0.2) is 0 Å². The highest BCUT2D eigenvalue weighted by atomic mass is 35.5. The molecule has 0 bridgehead atoms. The molecule has 0 aliphatic carbocycles. The molecule has 1 heterocycles. The second-order valence-corrected chi connectivity index (χ2v) is 6.73. The van der Waals surface area contributed by atoms with Crippen LogP contribution in [0.2, 0.25) is 0 Å². The van der Waals surface area contributed by atoms with Gasteiger partial charge in [0.1, 0.15) is 0 Å². The summed E-state index contributed by atoms with van der Waals surface area (Å²) in [4.78, 5) is 25.2. The number of para-hydroxylation sites is 2. The molecule has 1 atom stereocenters. The van der Waals surface area contributed by atoms with Crippen molar-refractivity contribution < 1.29 is 14.5 Å². The smallest absolute Gasteiger partial charge is 0.310 e. The number of benzene rings is 2. The van der Waals surface area contributed by atoms with E-state index in [-0.39, 0.29) is 48.8 Å². The molecule has 2 aromatic rings. The summed E-state index contributed by atoms with van der Waals surface area (Å²) < 4.78 is 5.53. The van der Waals surface area contributed by atoms with Gasteiger partial charge in [0.05, 0.1) is 24.0 Å². The highest BCUT2D eigenvalue weighted by Gasteiger charge is 2.27. The lowest BCUT2D eigenvalue weighted by Crippen LogP contribution is -2.48. The first kappa shape index (κ1) is 22.6. The van der Waals surface area contributed by atoms with Crippen LogP contribution in [0.4, 0.5) is 5.69 Å². The maximum Gasteiger partial charge on any atom is 0.310 e. The zero-order valence-electron chi connectivity index (χ0n) is 16.4. The number of aryl methyl sites for hydroxylation is 1. The number of nitro benzene ring substituents is 1. The molecule has 1 saturated heterocycles. The summed E-state index contributed by atoms with van der Waals surface area (Å²) >= 11 is 0. The third-order valence-electron chi connectivity index (χ3n) is 4.97. The minimum Gasteiger partial charge on any atom is -0.486 e. The second kappa shape index (κ2) is 10.8. The first-order chi connectivity index (χ1) is 13.6. The molecule has 1 fully saturated rings. The number of amides is 1. The van der Waals surface area contributed by atoms with Gasteiger partial charge in [-0.15, -0.1) is 12.4 Å². The maximum atomic E-state index is 12.8. The number of nitrogens with zero attached hydrogens (tertiary/aromatic N) is 2. The quantitative estimate of drug-likeness (QED) is 0.548. The van der Waals surface area contributed by atoms with Crippen molar-refractivity contribution in [1.82, 2.24) is 10.2 Å². The van der Waals surface area contributed by atoms with Crippen LogP contribution in [0.3, 0.4) is 0 Å². The van der Waals surface area contributed by atoms with Gasteiger partial charge in [0.2, 0.25) is 5.91 Å². The van der Waals surface area contributed by atoms with Gasteiger partial charge >= 0.3 is 5.69 Å². The molecular weight excluding hydrogens is 394 g/mol. The van der Waals surface area contributed by atoms with E-state index in [4.69, 9.17) is 4.74 Å². The van der Waals surface area contributed by atoms with Crippen molar-refractivity contribution in [2.45, 2.75) is 25.8 Å². The molecule has 1 unspecified atom stereocenters. The first-order valence-corrected chi connectivity index (χ1v) is 9.55. The van der Waals surface area contributed by atoms with Crippen LogP contribution in [0.25, 0.3) is 0 Å². The van der Waals surface area contributed by atoms with E-state index < -0.39 is 4.92 Å². The van der Waals surface area contributed by atoms with E-state index in [1.54, 1.807) is 18.2 Å². The predicted octanol–water partition coefficient (Wildman–Crippen LogP) is 3.52. The molecule has 0 radical (unpaired) electrons. The molecule has 156 valence electrons. The molecular formula is C21H26ClN3O4. The van der Waals surface area contributed by atoms with Crippen LogP contribution >= 0.6 is 12.4 Å². The Morgan fingerprint density at radius 1 is 1.24 bits per heavy atom. The molecule has 1 aliphatic heterocycles. The summed E-state index contributed by atoms with van der Waals surface area (Å²) in [6, 6.07) is 14.6. The number of carbonyl (C=O) groups excluding carboxylic acids is 1. The van der Waals surface area contributed by atoms with E-state index in [0.29, 0.717) is 13.1 Å². The Hall–Kier alpha value is -2.64. The minimum absolute atomic E-state index is 0. The summed E-state index contributed by atoms with van der Waals surface area (Å²) in [5, 5.41) is 14.4. The van der Waals surface area contributed by atoms with Crippen LogP contribution < -0.4 is 10.1 Å². The predicted molar refractivity (Wildman–Crippen MR) is 114 cm³/mol. The molecule has 1 N–H and O–H groups in total. The first-order valence-electron chi connectivity index (χ1n) is 9.55. The van der Waals surface area contributed by atoms with E-state index in [0.717, 1.165) is 18.5 Å². The van der Waals surface area contributed by atoms with Crippen molar-refractivity contribution in [2.24, 2.45) is 0 Å². The number of rotatable bonds is 7. The fourth-order valence-corrected chi connectivity index (χ4v) is 3.40. The van der Waals surface area contributed by atoms with Crippen LogP contribution in [-0.4, -0.2) is 42.0 Å². The fraction of sp³-hybridized carbons (Fsp3) is 0.381. The molecule has 0 spiro atoms. The Bertz CT molecular complexity index is 829. The van der Waals surface area contributed by atoms with E-state index in [1.807, 2.05) is 4.90 Å². The number of hydrogen-bond acceptors (Lipinski definition) is 5. The summed E-state index contributed by atoms with van der Waals surface area (Å²) in [7, 11) is 0. The highest BCUT2D eigenvalue weighted by molar-refractivity contribution is 5.85. The van der Waals surface area contributed by atoms with Crippen LogP contribution in [0.5, 0.6) is 5.75 Å². The molecule has 0 saturated carbocycles. The third kappa shape index (κ3) is 5.68. The zero-order chi connectivity index (χ0) is 19.9. The van der Waals surface area contributed by atoms with Gasteiger partial charge in [-0.1, -0.05) is 43.3 Å². The maximum absolute atomic E-state index is 12.8. The number of ether oxygens (including phenoxy) is 1. The zero-order valence-corrected chi connectivity index (χ0v) is 17.2. The lowest BCUT2D eigenvalue weighted by Gasteiger charge is -2.36. The van der Waals surface area contributed by atoms with E-state index in [9.17, 15) is 14.9 Å². The fourth-order valence-electron chi connectivity index (χ4n) is 3.40. The molecule has 29 heavy (non-hydrogen) atoms. The van der Waals surface area contributed by atoms with Crippen LogP contribution in [0.15, 0.2) is 48.5 Å². The second-order valence-electron chi connectivity index (χ2n) is 6.73. The Balaban J connectivity index is 0.00000300. The number of nitrogens with one attached hydrogen (secondary N) is 1. The largest absolute Gasteiger partial charge is 0.486 e. The topological polar surface area (TPSA) is 84.7 Å².